The molecular weight excluding hydrogens is 360 g/mol. The zero-order valence-corrected chi connectivity index (χ0v) is 14.4. The summed E-state index contributed by atoms with van der Waals surface area (Å²) in [4.78, 5) is 23.5. The number of rotatable bonds is 6. The van der Waals surface area contributed by atoms with Gasteiger partial charge in [-0.1, -0.05) is 11.6 Å². The number of amides is 2. The van der Waals surface area contributed by atoms with Crippen LogP contribution in [0.2, 0.25) is 5.02 Å². The highest BCUT2D eigenvalue weighted by Gasteiger charge is 2.21. The first-order valence-corrected chi connectivity index (χ1v) is 7.72. The van der Waals surface area contributed by atoms with Crippen molar-refractivity contribution >= 4 is 39.3 Å². The predicted octanol–water partition coefficient (Wildman–Crippen LogP) is 2.51. The van der Waals surface area contributed by atoms with E-state index in [9.17, 15) is 9.59 Å². The molecule has 0 unspecified atom stereocenters. The van der Waals surface area contributed by atoms with E-state index in [0.717, 1.165) is 0 Å². The highest BCUT2D eigenvalue weighted by atomic mass is 79.9. The van der Waals surface area contributed by atoms with Gasteiger partial charge in [-0.05, 0) is 54.9 Å². The Balaban J connectivity index is 2.60. The lowest BCUT2D eigenvalue weighted by Gasteiger charge is -2.18. The Kier molecular flexibility index (Phi) is 6.98. The van der Waals surface area contributed by atoms with Crippen LogP contribution in [-0.4, -0.2) is 30.5 Å². The molecule has 0 fully saturated rings. The van der Waals surface area contributed by atoms with Crippen molar-refractivity contribution in [1.82, 2.24) is 10.6 Å². The van der Waals surface area contributed by atoms with E-state index in [-0.39, 0.29) is 11.8 Å². The number of carbonyl (C=O) groups excluding carboxylic acids is 2. The van der Waals surface area contributed by atoms with Crippen LogP contribution in [0.3, 0.4) is 0 Å². The lowest BCUT2D eigenvalue weighted by Crippen LogP contribution is -2.48. The van der Waals surface area contributed by atoms with Crippen LogP contribution < -0.4 is 15.4 Å². The number of hydrogen-bond donors (Lipinski definition) is 2. The summed E-state index contributed by atoms with van der Waals surface area (Å²) in [5.74, 6) is -0.0889. The van der Waals surface area contributed by atoms with Gasteiger partial charge in [0.2, 0.25) is 5.91 Å². The number of carbonyl (C=O) groups is 2. The van der Waals surface area contributed by atoms with Gasteiger partial charge >= 0.3 is 0 Å². The lowest BCUT2D eigenvalue weighted by atomic mass is 10.2. The molecule has 0 aromatic heterocycles. The van der Waals surface area contributed by atoms with Crippen molar-refractivity contribution in [2.45, 2.75) is 32.9 Å². The number of ether oxygens (including phenoxy) is 1. The standard InChI is InChI=1S/C14H18BrClN2O3/c1-4-17-13(19)8(2)18-14(20)9(3)21-12-6-5-10(16)7-11(12)15/h5-9H,4H2,1-3H3,(H,17,19)(H,18,20)/t8-,9+/m1/s1. The Morgan fingerprint density at radius 2 is 2.00 bits per heavy atom. The lowest BCUT2D eigenvalue weighted by molar-refractivity contribution is -0.132. The highest BCUT2D eigenvalue weighted by molar-refractivity contribution is 9.10. The van der Waals surface area contributed by atoms with Gasteiger partial charge in [-0.15, -0.1) is 0 Å². The van der Waals surface area contributed by atoms with E-state index in [2.05, 4.69) is 26.6 Å². The quantitative estimate of drug-likeness (QED) is 0.800. The Morgan fingerprint density at radius 3 is 2.57 bits per heavy atom. The van der Waals surface area contributed by atoms with Gasteiger partial charge in [-0.3, -0.25) is 9.59 Å². The molecule has 1 rings (SSSR count). The van der Waals surface area contributed by atoms with Crippen LogP contribution in [0.5, 0.6) is 5.75 Å². The van der Waals surface area contributed by atoms with Crippen LogP contribution in [0.4, 0.5) is 0 Å². The number of benzene rings is 1. The third-order valence-electron chi connectivity index (χ3n) is 2.67. The van der Waals surface area contributed by atoms with Gasteiger partial charge in [-0.25, -0.2) is 0 Å². The topological polar surface area (TPSA) is 67.4 Å². The smallest absolute Gasteiger partial charge is 0.261 e. The van der Waals surface area contributed by atoms with Crippen LogP contribution >= 0.6 is 27.5 Å². The summed E-state index contributed by atoms with van der Waals surface area (Å²) in [7, 11) is 0. The first-order valence-electron chi connectivity index (χ1n) is 6.55. The summed E-state index contributed by atoms with van der Waals surface area (Å²) >= 11 is 9.15. The minimum absolute atomic E-state index is 0.231. The summed E-state index contributed by atoms with van der Waals surface area (Å²) in [5.41, 5.74) is 0. The van der Waals surface area contributed by atoms with E-state index in [1.54, 1.807) is 32.0 Å². The van der Waals surface area contributed by atoms with Gasteiger partial charge in [0, 0.05) is 11.6 Å². The molecule has 2 N–H and O–H groups in total. The Morgan fingerprint density at radius 1 is 1.33 bits per heavy atom. The largest absolute Gasteiger partial charge is 0.480 e. The number of hydrogen-bond acceptors (Lipinski definition) is 3. The van der Waals surface area contributed by atoms with Crippen LogP contribution in [0.15, 0.2) is 22.7 Å². The molecule has 0 heterocycles. The molecule has 0 aliphatic heterocycles. The SMILES string of the molecule is CCNC(=O)[C@@H](C)NC(=O)[C@H](C)Oc1ccc(Cl)cc1Br. The normalized spacial score (nSPS) is 13.2. The molecule has 0 spiro atoms. The van der Waals surface area contributed by atoms with Crippen molar-refractivity contribution in [3.63, 3.8) is 0 Å². The maximum absolute atomic E-state index is 12.0. The average molecular weight is 378 g/mol. The van der Waals surface area contributed by atoms with Crippen molar-refractivity contribution in [2.75, 3.05) is 6.54 Å². The maximum atomic E-state index is 12.0. The molecule has 116 valence electrons. The molecule has 7 heteroatoms. The van der Waals surface area contributed by atoms with Gasteiger partial charge in [0.15, 0.2) is 6.10 Å². The first-order chi connectivity index (χ1) is 9.85. The summed E-state index contributed by atoms with van der Waals surface area (Å²) in [6.45, 7) is 5.56. The molecule has 0 radical (unpaired) electrons. The van der Waals surface area contributed by atoms with E-state index < -0.39 is 12.1 Å². The van der Waals surface area contributed by atoms with Gasteiger partial charge < -0.3 is 15.4 Å². The van der Waals surface area contributed by atoms with Crippen molar-refractivity contribution in [2.24, 2.45) is 0 Å². The second kappa shape index (κ2) is 8.24. The Hall–Kier alpha value is -1.27. The number of halogens is 2. The number of likely N-dealkylation sites (N-methyl/N-ethyl adjacent to an activating group) is 1. The molecule has 0 aliphatic rings. The van der Waals surface area contributed by atoms with Gasteiger partial charge in [0.1, 0.15) is 11.8 Å². The summed E-state index contributed by atoms with van der Waals surface area (Å²) in [6.07, 6.45) is -0.737. The molecule has 2 amide bonds. The molecule has 21 heavy (non-hydrogen) atoms. The van der Waals surface area contributed by atoms with Crippen molar-refractivity contribution in [1.29, 1.82) is 0 Å². The Labute approximate surface area is 137 Å². The molecule has 0 saturated carbocycles. The Bertz CT molecular complexity index is 525. The molecule has 0 bridgehead atoms. The first kappa shape index (κ1) is 17.8. The van der Waals surface area contributed by atoms with Crippen molar-refractivity contribution < 1.29 is 14.3 Å². The minimum Gasteiger partial charge on any atom is -0.480 e. The molecule has 0 saturated heterocycles. The monoisotopic (exact) mass is 376 g/mol. The maximum Gasteiger partial charge on any atom is 0.261 e. The van der Waals surface area contributed by atoms with Gasteiger partial charge in [-0.2, -0.15) is 0 Å². The van der Waals surface area contributed by atoms with Crippen molar-refractivity contribution in [3.05, 3.63) is 27.7 Å². The highest BCUT2D eigenvalue weighted by Crippen LogP contribution is 2.28. The van der Waals surface area contributed by atoms with Gasteiger partial charge in [0.25, 0.3) is 5.91 Å². The zero-order valence-electron chi connectivity index (χ0n) is 12.1. The number of nitrogens with one attached hydrogen (secondary N) is 2. The van der Waals surface area contributed by atoms with E-state index in [1.165, 1.54) is 0 Å². The molecule has 2 atom stereocenters. The average Bonchev–Trinajstić information content (AvgIpc) is 2.41. The van der Waals surface area contributed by atoms with Crippen LogP contribution in [-0.2, 0) is 9.59 Å². The van der Waals surface area contributed by atoms with Crippen LogP contribution in [0, 0.1) is 0 Å². The fourth-order valence-electron chi connectivity index (χ4n) is 1.54. The van der Waals surface area contributed by atoms with Crippen LogP contribution in [0.1, 0.15) is 20.8 Å². The second-order valence-corrected chi connectivity index (χ2v) is 5.75. The fourth-order valence-corrected chi connectivity index (χ4v) is 2.31. The van der Waals surface area contributed by atoms with E-state index in [0.29, 0.717) is 21.8 Å². The molecule has 1 aromatic rings. The molecule has 1 aromatic carbocycles. The second-order valence-electron chi connectivity index (χ2n) is 4.46. The summed E-state index contributed by atoms with van der Waals surface area (Å²) < 4.78 is 6.21. The third kappa shape index (κ3) is 5.55. The van der Waals surface area contributed by atoms with Crippen LogP contribution in [0.25, 0.3) is 0 Å². The van der Waals surface area contributed by atoms with E-state index in [4.69, 9.17) is 16.3 Å². The summed E-state index contributed by atoms with van der Waals surface area (Å²) in [5, 5.41) is 5.80. The third-order valence-corrected chi connectivity index (χ3v) is 3.52. The van der Waals surface area contributed by atoms with E-state index >= 15 is 0 Å². The summed E-state index contributed by atoms with van der Waals surface area (Å²) in [6, 6.07) is 4.41. The molecule has 5 nitrogen and oxygen atoms in total. The van der Waals surface area contributed by atoms with Crippen molar-refractivity contribution in [3.8, 4) is 5.75 Å². The molecule has 0 aliphatic carbocycles. The van der Waals surface area contributed by atoms with E-state index in [1.807, 2.05) is 6.92 Å². The predicted molar refractivity (Wildman–Crippen MR) is 85.5 cm³/mol. The minimum atomic E-state index is -0.737. The zero-order chi connectivity index (χ0) is 16.0. The fraction of sp³-hybridized carbons (Fsp3) is 0.429. The van der Waals surface area contributed by atoms with Gasteiger partial charge in [0.05, 0.1) is 4.47 Å². The molecular formula is C14H18BrClN2O3.